The molecule has 0 spiro atoms. The summed E-state index contributed by atoms with van der Waals surface area (Å²) in [5, 5.41) is 1.06. The Kier molecular flexibility index (Phi) is 2.98. The molecule has 0 aliphatic carbocycles. The Morgan fingerprint density at radius 1 is 1.27 bits per heavy atom. The topological polar surface area (TPSA) is 22.1 Å². The predicted octanol–water partition coefficient (Wildman–Crippen LogP) is 4.08. The standard InChI is InChI=1S/C11H9Br2NO/c1-6-3-7(15-2)4-8-10(13)9(12)5-14-11(6)8/h3-5H,1-2H3. The summed E-state index contributed by atoms with van der Waals surface area (Å²) in [5.74, 6) is 0.848. The van der Waals surface area contributed by atoms with Crippen molar-refractivity contribution in [2.75, 3.05) is 7.11 Å². The highest BCUT2D eigenvalue weighted by molar-refractivity contribution is 9.13. The van der Waals surface area contributed by atoms with E-state index in [-0.39, 0.29) is 0 Å². The van der Waals surface area contributed by atoms with Gasteiger partial charge in [-0.3, -0.25) is 4.98 Å². The average Bonchev–Trinajstić information content (AvgIpc) is 2.23. The number of ether oxygens (including phenoxy) is 1. The third kappa shape index (κ3) is 1.88. The molecule has 2 rings (SSSR count). The maximum Gasteiger partial charge on any atom is 0.119 e. The van der Waals surface area contributed by atoms with E-state index in [2.05, 4.69) is 36.8 Å². The number of aromatic nitrogens is 1. The lowest BCUT2D eigenvalue weighted by molar-refractivity contribution is 0.415. The van der Waals surface area contributed by atoms with Crippen LogP contribution in [-0.2, 0) is 0 Å². The number of hydrogen-bond acceptors (Lipinski definition) is 2. The molecule has 0 unspecified atom stereocenters. The van der Waals surface area contributed by atoms with Crippen LogP contribution in [0, 0.1) is 6.92 Å². The number of methoxy groups -OCH3 is 1. The minimum atomic E-state index is 0.848. The second-order valence-electron chi connectivity index (χ2n) is 3.26. The van der Waals surface area contributed by atoms with Gasteiger partial charge in [-0.2, -0.15) is 0 Å². The van der Waals surface area contributed by atoms with Crippen LogP contribution >= 0.6 is 31.9 Å². The van der Waals surface area contributed by atoms with Crippen molar-refractivity contribution < 1.29 is 4.74 Å². The quantitative estimate of drug-likeness (QED) is 0.786. The normalized spacial score (nSPS) is 10.7. The molecule has 78 valence electrons. The molecule has 0 saturated carbocycles. The Balaban J connectivity index is 2.86. The van der Waals surface area contributed by atoms with Crippen LogP contribution in [0.1, 0.15) is 5.56 Å². The highest BCUT2D eigenvalue weighted by Gasteiger charge is 2.08. The van der Waals surface area contributed by atoms with E-state index in [1.807, 2.05) is 19.1 Å². The molecular weight excluding hydrogens is 322 g/mol. The summed E-state index contributed by atoms with van der Waals surface area (Å²) in [6, 6.07) is 3.96. The zero-order valence-electron chi connectivity index (χ0n) is 8.34. The lowest BCUT2D eigenvalue weighted by atomic mass is 10.1. The molecule has 1 aromatic carbocycles. The van der Waals surface area contributed by atoms with Crippen molar-refractivity contribution >= 4 is 42.8 Å². The van der Waals surface area contributed by atoms with E-state index in [4.69, 9.17) is 4.74 Å². The summed E-state index contributed by atoms with van der Waals surface area (Å²) in [4.78, 5) is 4.38. The van der Waals surface area contributed by atoms with Crippen molar-refractivity contribution in [2.45, 2.75) is 6.92 Å². The lowest BCUT2D eigenvalue weighted by Crippen LogP contribution is -1.89. The third-order valence-corrected chi connectivity index (χ3v) is 4.25. The minimum Gasteiger partial charge on any atom is -0.497 e. The molecular formula is C11H9Br2NO. The number of fused-ring (bicyclic) bond motifs is 1. The second kappa shape index (κ2) is 4.10. The SMILES string of the molecule is COc1cc(C)c2ncc(Br)c(Br)c2c1. The Labute approximate surface area is 105 Å². The van der Waals surface area contributed by atoms with Crippen LogP contribution in [0.25, 0.3) is 10.9 Å². The molecule has 0 aliphatic heterocycles. The van der Waals surface area contributed by atoms with Gasteiger partial charge in [0.15, 0.2) is 0 Å². The number of rotatable bonds is 1. The first-order chi connectivity index (χ1) is 7.13. The van der Waals surface area contributed by atoms with Crippen LogP contribution in [0.3, 0.4) is 0 Å². The van der Waals surface area contributed by atoms with Crippen molar-refractivity contribution in [3.05, 3.63) is 32.8 Å². The number of halogens is 2. The van der Waals surface area contributed by atoms with Gasteiger partial charge in [-0.25, -0.2) is 0 Å². The van der Waals surface area contributed by atoms with Crippen molar-refractivity contribution in [2.24, 2.45) is 0 Å². The average molecular weight is 331 g/mol. The summed E-state index contributed by atoms with van der Waals surface area (Å²) in [6.07, 6.45) is 1.80. The summed E-state index contributed by atoms with van der Waals surface area (Å²) in [7, 11) is 1.67. The van der Waals surface area contributed by atoms with Gasteiger partial charge in [0.25, 0.3) is 0 Å². The van der Waals surface area contributed by atoms with Gasteiger partial charge < -0.3 is 4.74 Å². The molecule has 0 bridgehead atoms. The van der Waals surface area contributed by atoms with E-state index in [1.54, 1.807) is 13.3 Å². The maximum absolute atomic E-state index is 5.23. The molecule has 0 amide bonds. The number of hydrogen-bond donors (Lipinski definition) is 0. The predicted molar refractivity (Wildman–Crippen MR) is 68.4 cm³/mol. The molecule has 2 nitrogen and oxygen atoms in total. The molecule has 0 aliphatic rings. The number of benzene rings is 1. The monoisotopic (exact) mass is 329 g/mol. The summed E-state index contributed by atoms with van der Waals surface area (Å²) >= 11 is 6.97. The smallest absolute Gasteiger partial charge is 0.119 e. The van der Waals surface area contributed by atoms with Crippen LogP contribution in [0.2, 0.25) is 0 Å². The third-order valence-electron chi connectivity index (χ3n) is 2.26. The van der Waals surface area contributed by atoms with Crippen molar-refractivity contribution in [1.29, 1.82) is 0 Å². The van der Waals surface area contributed by atoms with E-state index in [0.717, 1.165) is 31.2 Å². The van der Waals surface area contributed by atoms with Crippen LogP contribution in [0.5, 0.6) is 5.75 Å². The molecule has 0 N–H and O–H groups in total. The van der Waals surface area contributed by atoms with Crippen molar-refractivity contribution in [3.8, 4) is 5.75 Å². The maximum atomic E-state index is 5.23. The first-order valence-electron chi connectivity index (χ1n) is 4.42. The van der Waals surface area contributed by atoms with E-state index < -0.39 is 0 Å². The van der Waals surface area contributed by atoms with Crippen LogP contribution < -0.4 is 4.74 Å². The van der Waals surface area contributed by atoms with Gasteiger partial charge in [-0.1, -0.05) is 0 Å². The highest BCUT2D eigenvalue weighted by atomic mass is 79.9. The molecule has 0 radical (unpaired) electrons. The lowest BCUT2D eigenvalue weighted by Gasteiger charge is -2.08. The van der Waals surface area contributed by atoms with Gasteiger partial charge in [0.05, 0.1) is 17.1 Å². The van der Waals surface area contributed by atoms with Gasteiger partial charge >= 0.3 is 0 Å². The first kappa shape index (κ1) is 10.9. The van der Waals surface area contributed by atoms with Crippen LogP contribution in [0.4, 0.5) is 0 Å². The second-order valence-corrected chi connectivity index (χ2v) is 4.91. The summed E-state index contributed by atoms with van der Waals surface area (Å²) in [6.45, 7) is 2.03. The Morgan fingerprint density at radius 2 is 2.00 bits per heavy atom. The number of aryl methyl sites for hydroxylation is 1. The molecule has 2 aromatic rings. The van der Waals surface area contributed by atoms with Gasteiger partial charge in [0, 0.05) is 16.1 Å². The van der Waals surface area contributed by atoms with Crippen molar-refractivity contribution in [1.82, 2.24) is 4.98 Å². The molecule has 0 fully saturated rings. The fourth-order valence-electron chi connectivity index (χ4n) is 1.51. The zero-order chi connectivity index (χ0) is 11.0. The molecule has 1 aromatic heterocycles. The largest absolute Gasteiger partial charge is 0.497 e. The van der Waals surface area contributed by atoms with Crippen molar-refractivity contribution in [3.63, 3.8) is 0 Å². The Bertz CT molecular complexity index is 525. The zero-order valence-corrected chi connectivity index (χ0v) is 11.5. The van der Waals surface area contributed by atoms with Gasteiger partial charge in [-0.05, 0) is 56.5 Å². The molecule has 0 atom stereocenters. The Hall–Kier alpha value is -0.610. The van der Waals surface area contributed by atoms with Gasteiger partial charge in [0.2, 0.25) is 0 Å². The van der Waals surface area contributed by atoms with Crippen LogP contribution in [-0.4, -0.2) is 12.1 Å². The van der Waals surface area contributed by atoms with E-state index in [0.29, 0.717) is 0 Å². The highest BCUT2D eigenvalue weighted by Crippen LogP contribution is 2.33. The summed E-state index contributed by atoms with van der Waals surface area (Å²) in [5.41, 5.74) is 2.10. The van der Waals surface area contributed by atoms with Gasteiger partial charge in [-0.15, -0.1) is 0 Å². The van der Waals surface area contributed by atoms with Crippen LogP contribution in [0.15, 0.2) is 27.3 Å². The summed E-state index contributed by atoms with van der Waals surface area (Å²) < 4.78 is 7.19. The van der Waals surface area contributed by atoms with E-state index in [9.17, 15) is 0 Å². The van der Waals surface area contributed by atoms with Gasteiger partial charge in [0.1, 0.15) is 5.75 Å². The number of pyridine rings is 1. The van der Waals surface area contributed by atoms with E-state index in [1.165, 1.54) is 0 Å². The molecule has 0 saturated heterocycles. The Morgan fingerprint density at radius 3 is 2.67 bits per heavy atom. The molecule has 4 heteroatoms. The minimum absolute atomic E-state index is 0.848. The molecule has 1 heterocycles. The fraction of sp³-hybridized carbons (Fsp3) is 0.182. The first-order valence-corrected chi connectivity index (χ1v) is 6.00. The molecule has 15 heavy (non-hydrogen) atoms. The van der Waals surface area contributed by atoms with E-state index >= 15 is 0 Å². The fourth-order valence-corrected chi connectivity index (χ4v) is 2.23. The number of nitrogens with zero attached hydrogens (tertiary/aromatic N) is 1.